The van der Waals surface area contributed by atoms with Crippen molar-refractivity contribution in [1.29, 1.82) is 0 Å². The van der Waals surface area contributed by atoms with Gasteiger partial charge in [0.15, 0.2) is 19.7 Å². The molecule has 1 heterocycles. The first-order valence-electron chi connectivity index (χ1n) is 10.7. The molecule has 1 fully saturated rings. The van der Waals surface area contributed by atoms with Crippen molar-refractivity contribution in [1.82, 2.24) is 5.32 Å². The van der Waals surface area contributed by atoms with Crippen molar-refractivity contribution < 1.29 is 18.8 Å². The zero-order valence-corrected chi connectivity index (χ0v) is 20.8. The predicted octanol–water partition coefficient (Wildman–Crippen LogP) is 4.56. The van der Waals surface area contributed by atoms with Gasteiger partial charge in [-0.1, -0.05) is 55.4 Å². The van der Waals surface area contributed by atoms with Gasteiger partial charge in [0.2, 0.25) is 5.91 Å². The molecule has 0 aromatic heterocycles. The molecule has 6 heteroatoms. The summed E-state index contributed by atoms with van der Waals surface area (Å²) in [5, 5.41) is 3.09. The summed E-state index contributed by atoms with van der Waals surface area (Å²) in [5.74, 6) is 0.545. The fourth-order valence-corrected chi connectivity index (χ4v) is 4.07. The number of carbonyl (C=O) groups excluding carboxylic acids is 2. The lowest BCUT2D eigenvalue weighted by atomic mass is 9.91. The van der Waals surface area contributed by atoms with E-state index in [2.05, 4.69) is 66.9 Å². The monoisotopic (exact) mass is 413 g/mol. The van der Waals surface area contributed by atoms with Crippen molar-refractivity contribution in [2.75, 3.05) is 13.2 Å². The van der Waals surface area contributed by atoms with Crippen LogP contribution in [0, 0.1) is 17.8 Å². The third kappa shape index (κ3) is 6.96. The molecule has 0 saturated carbocycles. The Bertz CT molecular complexity index is 547. The van der Waals surface area contributed by atoms with Gasteiger partial charge in [0.25, 0.3) is 0 Å². The molecule has 0 aromatic carbocycles. The van der Waals surface area contributed by atoms with Crippen LogP contribution < -0.4 is 5.32 Å². The molecule has 164 valence electrons. The largest absolute Gasteiger partial charge is 0.413 e. The van der Waals surface area contributed by atoms with Crippen LogP contribution in [-0.4, -0.2) is 44.9 Å². The van der Waals surface area contributed by atoms with Crippen LogP contribution in [0.15, 0.2) is 0 Å². The van der Waals surface area contributed by atoms with Gasteiger partial charge < -0.3 is 14.5 Å². The van der Waals surface area contributed by atoms with Gasteiger partial charge in [0.1, 0.15) is 0 Å². The van der Waals surface area contributed by atoms with E-state index in [4.69, 9.17) is 9.16 Å². The van der Waals surface area contributed by atoms with Crippen LogP contribution in [-0.2, 0) is 18.8 Å². The fourth-order valence-electron chi connectivity index (χ4n) is 3.05. The Kier molecular flexibility index (Phi) is 8.49. The molecule has 1 amide bonds. The van der Waals surface area contributed by atoms with Crippen molar-refractivity contribution in [2.24, 2.45) is 17.8 Å². The molecule has 1 aliphatic heterocycles. The quantitative estimate of drug-likeness (QED) is 0.398. The number of ketones is 1. The molecule has 1 N–H and O–H groups in total. The first-order valence-corrected chi connectivity index (χ1v) is 13.6. The minimum Gasteiger partial charge on any atom is -0.413 e. The van der Waals surface area contributed by atoms with Gasteiger partial charge in [0.05, 0.1) is 19.3 Å². The molecular formula is C22H43NO4Si. The van der Waals surface area contributed by atoms with Crippen molar-refractivity contribution in [3.05, 3.63) is 0 Å². The minimum atomic E-state index is -1.98. The summed E-state index contributed by atoms with van der Waals surface area (Å²) in [7, 11) is -1.98. The van der Waals surface area contributed by atoms with Gasteiger partial charge in [-0.3, -0.25) is 9.59 Å². The van der Waals surface area contributed by atoms with Gasteiger partial charge in [-0.2, -0.15) is 0 Å². The second-order valence-electron chi connectivity index (χ2n) is 10.9. The van der Waals surface area contributed by atoms with Gasteiger partial charge in [-0.15, -0.1) is 0 Å². The molecule has 0 aromatic rings. The van der Waals surface area contributed by atoms with E-state index in [-0.39, 0.29) is 29.3 Å². The highest BCUT2D eigenvalue weighted by molar-refractivity contribution is 6.74. The van der Waals surface area contributed by atoms with Gasteiger partial charge in [0, 0.05) is 5.92 Å². The minimum absolute atomic E-state index is 0.0370. The first-order chi connectivity index (χ1) is 12.6. The molecule has 0 aliphatic carbocycles. The SMILES string of the molecule is CC(C)C[C@@H](C)C(=O)N[C@@H](CC(C)C)C(=O)[C@@]1(CO[Si](C)(C)C(C)(C)C)CO1. The molecule has 1 saturated heterocycles. The number of amides is 1. The van der Waals surface area contributed by atoms with Gasteiger partial charge in [-0.25, -0.2) is 0 Å². The van der Waals surface area contributed by atoms with E-state index in [1.807, 2.05) is 6.92 Å². The Morgan fingerprint density at radius 1 is 1.07 bits per heavy atom. The Labute approximate surface area is 173 Å². The van der Waals surface area contributed by atoms with Crippen molar-refractivity contribution in [2.45, 2.75) is 98.0 Å². The third-order valence-electron chi connectivity index (χ3n) is 6.03. The molecule has 1 rings (SSSR count). The van der Waals surface area contributed by atoms with E-state index in [1.165, 1.54) is 0 Å². The summed E-state index contributed by atoms with van der Waals surface area (Å²) in [6, 6.07) is -0.521. The number of ether oxygens (including phenoxy) is 1. The third-order valence-corrected chi connectivity index (χ3v) is 10.5. The van der Waals surface area contributed by atoms with Crippen LogP contribution in [0.1, 0.15) is 68.2 Å². The van der Waals surface area contributed by atoms with E-state index in [0.29, 0.717) is 24.9 Å². The number of carbonyl (C=O) groups is 2. The van der Waals surface area contributed by atoms with E-state index in [1.54, 1.807) is 0 Å². The van der Waals surface area contributed by atoms with Gasteiger partial charge in [-0.05, 0) is 42.8 Å². The molecule has 5 nitrogen and oxygen atoms in total. The molecule has 0 spiro atoms. The van der Waals surface area contributed by atoms with Crippen LogP contribution in [0.4, 0.5) is 0 Å². The smallest absolute Gasteiger partial charge is 0.223 e. The van der Waals surface area contributed by atoms with E-state index in [0.717, 1.165) is 6.42 Å². The highest BCUT2D eigenvalue weighted by Gasteiger charge is 2.56. The molecule has 0 bridgehead atoms. The van der Waals surface area contributed by atoms with Crippen LogP contribution in [0.3, 0.4) is 0 Å². The highest BCUT2D eigenvalue weighted by atomic mass is 28.4. The normalized spacial score (nSPS) is 22.3. The number of hydrogen-bond donors (Lipinski definition) is 1. The zero-order chi connectivity index (χ0) is 21.9. The van der Waals surface area contributed by atoms with Crippen molar-refractivity contribution in [3.63, 3.8) is 0 Å². The second-order valence-corrected chi connectivity index (χ2v) is 15.7. The summed E-state index contributed by atoms with van der Waals surface area (Å²) in [6.07, 6.45) is 1.43. The molecule has 1 aliphatic rings. The maximum atomic E-state index is 13.3. The molecule has 0 unspecified atom stereocenters. The number of nitrogens with one attached hydrogen (secondary N) is 1. The predicted molar refractivity (Wildman–Crippen MR) is 117 cm³/mol. The number of epoxide rings is 1. The lowest BCUT2D eigenvalue weighted by Gasteiger charge is -2.37. The van der Waals surface area contributed by atoms with Crippen molar-refractivity contribution in [3.8, 4) is 0 Å². The van der Waals surface area contributed by atoms with Crippen molar-refractivity contribution >= 4 is 20.0 Å². The number of hydrogen-bond acceptors (Lipinski definition) is 4. The van der Waals surface area contributed by atoms with Crippen LogP contribution in [0.25, 0.3) is 0 Å². The zero-order valence-electron chi connectivity index (χ0n) is 19.8. The summed E-state index contributed by atoms with van der Waals surface area (Å²) in [6.45, 7) is 21.8. The average Bonchev–Trinajstić information content (AvgIpc) is 3.30. The maximum absolute atomic E-state index is 13.3. The van der Waals surface area contributed by atoms with E-state index < -0.39 is 20.0 Å². The summed E-state index contributed by atoms with van der Waals surface area (Å²) in [5.41, 5.74) is -0.885. The van der Waals surface area contributed by atoms with E-state index >= 15 is 0 Å². The van der Waals surface area contributed by atoms with Gasteiger partial charge >= 0.3 is 0 Å². The molecule has 0 radical (unpaired) electrons. The summed E-state index contributed by atoms with van der Waals surface area (Å²) < 4.78 is 11.9. The maximum Gasteiger partial charge on any atom is 0.223 e. The molecular weight excluding hydrogens is 370 g/mol. The topological polar surface area (TPSA) is 67.9 Å². The molecule has 3 atom stereocenters. The lowest BCUT2D eigenvalue weighted by Crippen LogP contribution is -2.52. The number of rotatable bonds is 11. The Morgan fingerprint density at radius 2 is 1.57 bits per heavy atom. The molecule has 28 heavy (non-hydrogen) atoms. The van der Waals surface area contributed by atoms with Crippen LogP contribution in [0.5, 0.6) is 0 Å². The fraction of sp³-hybridized carbons (Fsp3) is 0.909. The van der Waals surface area contributed by atoms with E-state index in [9.17, 15) is 9.59 Å². The summed E-state index contributed by atoms with van der Waals surface area (Å²) >= 11 is 0. The standard InChI is InChI=1S/C22H43NO4Si/c1-15(2)11-17(5)20(25)23-18(12-16(3)4)19(24)22(13-26-22)14-27-28(9,10)21(6,7)8/h15-18H,11-14H2,1-10H3,(H,23,25)/t17-,18+,22+/m1/s1. The first kappa shape index (κ1) is 25.3. The second kappa shape index (κ2) is 9.39. The van der Waals surface area contributed by atoms with Crippen LogP contribution in [0.2, 0.25) is 18.1 Å². The Hall–Kier alpha value is -0.723. The number of Topliss-reactive ketones (excluding diaryl/α,β-unsaturated/α-hetero) is 1. The average molecular weight is 414 g/mol. The summed E-state index contributed by atoms with van der Waals surface area (Å²) in [4.78, 5) is 25.9. The Morgan fingerprint density at radius 3 is 1.96 bits per heavy atom. The highest BCUT2D eigenvalue weighted by Crippen LogP contribution is 2.39. The van der Waals surface area contributed by atoms with Crippen LogP contribution >= 0.6 is 0 Å². The lowest BCUT2D eigenvalue weighted by molar-refractivity contribution is -0.133. The Balaban J connectivity index is 2.85.